The topological polar surface area (TPSA) is 59.1 Å². The molecule has 0 saturated carbocycles. The lowest BCUT2D eigenvalue weighted by molar-refractivity contribution is 0.391. The van der Waals surface area contributed by atoms with Crippen molar-refractivity contribution in [2.75, 3.05) is 0 Å². The summed E-state index contributed by atoms with van der Waals surface area (Å²) in [7, 11) is 0. The number of rotatable bonds is 1. The van der Waals surface area contributed by atoms with Gasteiger partial charge in [-0.05, 0) is 19.1 Å². The van der Waals surface area contributed by atoms with Gasteiger partial charge in [0.05, 0.1) is 11.8 Å². The van der Waals surface area contributed by atoms with E-state index in [1.165, 1.54) is 0 Å². The minimum atomic E-state index is -0.360. The van der Waals surface area contributed by atoms with Crippen LogP contribution in [0.15, 0.2) is 32.1 Å². The largest absolute Gasteiger partial charge is 0.463 e. The number of hydrogen-bond acceptors (Lipinski definition) is 3. The SMILES string of the molecule is Cc1c(-c2ccco2)[nH]oc1=O. The van der Waals surface area contributed by atoms with Gasteiger partial charge in [0.25, 0.3) is 0 Å². The highest BCUT2D eigenvalue weighted by Crippen LogP contribution is 2.18. The Hall–Kier alpha value is -1.71. The Labute approximate surface area is 67.8 Å². The van der Waals surface area contributed by atoms with Gasteiger partial charge in [-0.2, -0.15) is 0 Å². The van der Waals surface area contributed by atoms with Crippen molar-refractivity contribution in [3.05, 3.63) is 34.4 Å². The van der Waals surface area contributed by atoms with E-state index in [0.717, 1.165) is 0 Å². The second kappa shape index (κ2) is 2.41. The van der Waals surface area contributed by atoms with Crippen LogP contribution in [0.2, 0.25) is 0 Å². The van der Waals surface area contributed by atoms with Gasteiger partial charge in [-0.15, -0.1) is 0 Å². The quantitative estimate of drug-likeness (QED) is 0.697. The smallest absolute Gasteiger partial charge is 0.360 e. The molecule has 2 rings (SSSR count). The summed E-state index contributed by atoms with van der Waals surface area (Å²) in [5, 5.41) is 2.49. The highest BCUT2D eigenvalue weighted by molar-refractivity contribution is 5.54. The maximum atomic E-state index is 10.9. The Morgan fingerprint density at radius 1 is 1.50 bits per heavy atom. The van der Waals surface area contributed by atoms with Gasteiger partial charge in [0, 0.05) is 0 Å². The van der Waals surface area contributed by atoms with Gasteiger partial charge in [-0.25, -0.2) is 9.95 Å². The number of furan rings is 1. The van der Waals surface area contributed by atoms with E-state index < -0.39 is 0 Å². The molecule has 1 N–H and O–H groups in total. The van der Waals surface area contributed by atoms with Crippen LogP contribution in [-0.4, -0.2) is 5.16 Å². The maximum Gasteiger partial charge on any atom is 0.360 e. The Morgan fingerprint density at radius 3 is 2.83 bits per heavy atom. The number of aromatic amines is 1. The van der Waals surface area contributed by atoms with Gasteiger partial charge in [0.2, 0.25) is 0 Å². The van der Waals surface area contributed by atoms with Crippen LogP contribution >= 0.6 is 0 Å². The second-order valence-corrected chi connectivity index (χ2v) is 2.47. The van der Waals surface area contributed by atoms with Crippen molar-refractivity contribution in [2.24, 2.45) is 0 Å². The molecule has 0 bridgehead atoms. The summed E-state index contributed by atoms with van der Waals surface area (Å²) in [5.74, 6) is 0.610. The molecule has 0 saturated heterocycles. The molecule has 0 atom stereocenters. The first kappa shape index (κ1) is 6.97. The summed E-state index contributed by atoms with van der Waals surface area (Å²) in [6.45, 7) is 1.68. The van der Waals surface area contributed by atoms with Gasteiger partial charge in [0.1, 0.15) is 5.69 Å². The Bertz CT molecular complexity index is 421. The van der Waals surface area contributed by atoms with Crippen molar-refractivity contribution < 1.29 is 8.94 Å². The first-order valence-electron chi connectivity index (χ1n) is 3.51. The van der Waals surface area contributed by atoms with Crippen LogP contribution < -0.4 is 5.63 Å². The molecule has 0 aliphatic rings. The minimum absolute atomic E-state index is 0.360. The highest BCUT2D eigenvalue weighted by atomic mass is 16.5. The average Bonchev–Trinajstić information content (AvgIpc) is 2.64. The lowest BCUT2D eigenvalue weighted by Crippen LogP contribution is -1.95. The number of aromatic nitrogens is 1. The van der Waals surface area contributed by atoms with E-state index in [0.29, 0.717) is 17.0 Å². The molecule has 4 nitrogen and oxygen atoms in total. The molecule has 0 unspecified atom stereocenters. The van der Waals surface area contributed by atoms with Crippen LogP contribution in [0.25, 0.3) is 11.5 Å². The molecule has 2 heterocycles. The number of nitrogens with one attached hydrogen (secondary N) is 1. The van der Waals surface area contributed by atoms with Crippen molar-refractivity contribution in [1.82, 2.24) is 5.16 Å². The first-order valence-corrected chi connectivity index (χ1v) is 3.51. The molecule has 0 fully saturated rings. The molecule has 2 aromatic heterocycles. The van der Waals surface area contributed by atoms with E-state index in [-0.39, 0.29) is 5.63 Å². The molecular formula is C8H7NO3. The van der Waals surface area contributed by atoms with Crippen molar-refractivity contribution >= 4 is 0 Å². The fraction of sp³-hybridized carbons (Fsp3) is 0.125. The van der Waals surface area contributed by atoms with Crippen LogP contribution in [0.5, 0.6) is 0 Å². The van der Waals surface area contributed by atoms with Gasteiger partial charge in [0.15, 0.2) is 5.76 Å². The second-order valence-electron chi connectivity index (χ2n) is 2.47. The van der Waals surface area contributed by atoms with E-state index in [4.69, 9.17) is 4.42 Å². The van der Waals surface area contributed by atoms with E-state index in [9.17, 15) is 4.79 Å². The summed E-state index contributed by atoms with van der Waals surface area (Å²) in [4.78, 5) is 10.9. The van der Waals surface area contributed by atoms with Crippen molar-refractivity contribution in [3.8, 4) is 11.5 Å². The minimum Gasteiger partial charge on any atom is -0.463 e. The van der Waals surface area contributed by atoms with Crippen LogP contribution in [0.1, 0.15) is 5.56 Å². The van der Waals surface area contributed by atoms with E-state index in [2.05, 4.69) is 9.68 Å². The van der Waals surface area contributed by atoms with E-state index >= 15 is 0 Å². The van der Waals surface area contributed by atoms with Crippen molar-refractivity contribution in [2.45, 2.75) is 6.92 Å². The van der Waals surface area contributed by atoms with E-state index in [1.807, 2.05) is 0 Å². The van der Waals surface area contributed by atoms with Gasteiger partial charge in [-0.3, -0.25) is 0 Å². The summed E-state index contributed by atoms with van der Waals surface area (Å²) >= 11 is 0. The zero-order valence-electron chi connectivity index (χ0n) is 6.46. The number of H-pyrrole nitrogens is 1. The van der Waals surface area contributed by atoms with Gasteiger partial charge in [-0.1, -0.05) is 0 Å². The third-order valence-electron chi connectivity index (χ3n) is 1.69. The third-order valence-corrected chi connectivity index (χ3v) is 1.69. The van der Waals surface area contributed by atoms with Gasteiger partial charge < -0.3 is 8.94 Å². The number of hydrogen-bond donors (Lipinski definition) is 1. The fourth-order valence-corrected chi connectivity index (χ4v) is 1.01. The zero-order chi connectivity index (χ0) is 8.55. The van der Waals surface area contributed by atoms with Gasteiger partial charge >= 0.3 is 5.63 Å². The molecule has 2 aromatic rings. The van der Waals surface area contributed by atoms with Crippen molar-refractivity contribution in [3.63, 3.8) is 0 Å². The third kappa shape index (κ3) is 0.887. The normalized spacial score (nSPS) is 10.4. The molecule has 0 aromatic carbocycles. The molecular weight excluding hydrogens is 158 g/mol. The molecule has 62 valence electrons. The molecule has 4 heteroatoms. The summed E-state index contributed by atoms with van der Waals surface area (Å²) in [6, 6.07) is 3.51. The highest BCUT2D eigenvalue weighted by Gasteiger charge is 2.10. The Kier molecular flexibility index (Phi) is 1.40. The fourth-order valence-electron chi connectivity index (χ4n) is 1.01. The van der Waals surface area contributed by atoms with Crippen molar-refractivity contribution in [1.29, 1.82) is 0 Å². The molecule has 0 radical (unpaired) electrons. The standard InChI is InChI=1S/C8H7NO3/c1-5-7(9-12-8(5)10)6-3-2-4-11-6/h2-4,9H,1H3. The molecule has 12 heavy (non-hydrogen) atoms. The first-order chi connectivity index (χ1) is 5.79. The summed E-state index contributed by atoms with van der Waals surface area (Å²) in [6.07, 6.45) is 1.54. The van der Waals surface area contributed by atoms with E-state index in [1.54, 1.807) is 25.3 Å². The predicted octanol–water partition coefficient (Wildman–Crippen LogP) is 1.54. The van der Waals surface area contributed by atoms with Crippen LogP contribution in [0, 0.1) is 6.92 Å². The zero-order valence-corrected chi connectivity index (χ0v) is 6.46. The summed E-state index contributed by atoms with van der Waals surface area (Å²) in [5.41, 5.74) is 0.774. The lowest BCUT2D eigenvalue weighted by Gasteiger charge is -1.88. The Morgan fingerprint density at radius 2 is 2.33 bits per heavy atom. The van der Waals surface area contributed by atoms with Crippen LogP contribution in [0.4, 0.5) is 0 Å². The average molecular weight is 165 g/mol. The molecule has 0 aliphatic heterocycles. The van der Waals surface area contributed by atoms with Crippen LogP contribution in [-0.2, 0) is 0 Å². The monoisotopic (exact) mass is 165 g/mol. The predicted molar refractivity (Wildman–Crippen MR) is 41.8 cm³/mol. The molecule has 0 amide bonds. The molecule has 0 aliphatic carbocycles. The maximum absolute atomic E-state index is 10.9. The van der Waals surface area contributed by atoms with Crippen LogP contribution in [0.3, 0.4) is 0 Å². The Balaban J connectivity index is 2.62. The lowest BCUT2D eigenvalue weighted by atomic mass is 10.2. The summed E-state index contributed by atoms with van der Waals surface area (Å²) < 4.78 is 9.66. The molecule has 0 spiro atoms.